The topological polar surface area (TPSA) is 69.8 Å². The van der Waals surface area contributed by atoms with E-state index in [9.17, 15) is 0 Å². The van der Waals surface area contributed by atoms with E-state index >= 15 is 0 Å². The number of ether oxygens (including phenoxy) is 1. The molecule has 1 N–H and O–H groups in total. The Morgan fingerprint density at radius 3 is 2.88 bits per heavy atom. The van der Waals surface area contributed by atoms with E-state index < -0.39 is 0 Å². The van der Waals surface area contributed by atoms with Crippen LogP contribution < -0.4 is 5.32 Å². The van der Waals surface area contributed by atoms with Crippen molar-refractivity contribution in [2.75, 3.05) is 13.2 Å². The second kappa shape index (κ2) is 7.03. The van der Waals surface area contributed by atoms with Crippen LogP contribution in [0, 0.1) is 5.92 Å². The lowest BCUT2D eigenvalue weighted by Crippen LogP contribution is -2.34. The highest BCUT2D eigenvalue weighted by Gasteiger charge is 2.29. The maximum absolute atomic E-state index is 6.05. The van der Waals surface area contributed by atoms with Crippen LogP contribution in [-0.4, -0.2) is 37.7 Å². The molecule has 0 amide bonds. The van der Waals surface area contributed by atoms with Crippen LogP contribution in [0.1, 0.15) is 51.2 Å². The highest BCUT2D eigenvalue weighted by Crippen LogP contribution is 2.32. The Hall–Kier alpha value is -1.73. The largest absolute Gasteiger partial charge is 0.372 e. The van der Waals surface area contributed by atoms with Crippen LogP contribution in [0.25, 0.3) is 0 Å². The van der Waals surface area contributed by atoms with Gasteiger partial charge < -0.3 is 10.1 Å². The molecule has 1 fully saturated rings. The zero-order valence-electron chi connectivity index (χ0n) is 15.1. The number of rotatable bonds is 5. The summed E-state index contributed by atoms with van der Waals surface area (Å²) in [6.07, 6.45) is 5.85. The Morgan fingerprint density at radius 2 is 2.17 bits per heavy atom. The van der Waals surface area contributed by atoms with Crippen molar-refractivity contribution in [1.82, 2.24) is 29.9 Å². The molecule has 24 heavy (non-hydrogen) atoms. The van der Waals surface area contributed by atoms with Crippen molar-refractivity contribution in [3.8, 4) is 0 Å². The minimum atomic E-state index is -0.0568. The Labute approximate surface area is 143 Å². The summed E-state index contributed by atoms with van der Waals surface area (Å²) >= 11 is 0. The van der Waals surface area contributed by atoms with Gasteiger partial charge in [0.25, 0.3) is 0 Å². The lowest BCUT2D eigenvalue weighted by atomic mass is 9.92. The number of hydrogen-bond acceptors (Lipinski definition) is 5. The molecule has 2 aromatic heterocycles. The summed E-state index contributed by atoms with van der Waals surface area (Å²) in [5, 5.41) is 12.2. The average Bonchev–Trinajstić information content (AvgIpc) is 3.16. The van der Waals surface area contributed by atoms with E-state index in [4.69, 9.17) is 4.74 Å². The molecule has 1 saturated heterocycles. The number of nitrogens with zero attached hydrogens (tertiary/aromatic N) is 5. The first-order valence-corrected chi connectivity index (χ1v) is 8.66. The molecule has 1 aliphatic heterocycles. The summed E-state index contributed by atoms with van der Waals surface area (Å²) in [4.78, 5) is 4.39. The summed E-state index contributed by atoms with van der Waals surface area (Å²) in [7, 11) is 1.98. The maximum Gasteiger partial charge on any atom is 0.141 e. The second-order valence-corrected chi connectivity index (χ2v) is 7.46. The first-order chi connectivity index (χ1) is 11.5. The molecular weight excluding hydrogens is 304 g/mol. The van der Waals surface area contributed by atoms with Gasteiger partial charge in [0.2, 0.25) is 0 Å². The lowest BCUT2D eigenvalue weighted by molar-refractivity contribution is -0.0324. The molecule has 0 aromatic carbocycles. The van der Waals surface area contributed by atoms with Crippen molar-refractivity contribution in [1.29, 1.82) is 0 Å². The molecule has 1 aliphatic rings. The average molecular weight is 332 g/mol. The number of aromatic nitrogens is 5. The highest BCUT2D eigenvalue weighted by atomic mass is 16.5. The van der Waals surface area contributed by atoms with Gasteiger partial charge in [-0.25, -0.2) is 9.67 Å². The van der Waals surface area contributed by atoms with Crippen LogP contribution in [0.4, 0.5) is 0 Å². The van der Waals surface area contributed by atoms with E-state index in [-0.39, 0.29) is 11.6 Å². The van der Waals surface area contributed by atoms with Crippen molar-refractivity contribution in [3.63, 3.8) is 0 Å². The Morgan fingerprint density at radius 1 is 1.33 bits per heavy atom. The van der Waals surface area contributed by atoms with Crippen LogP contribution in [0.5, 0.6) is 0 Å². The molecule has 7 heteroatoms. The Bertz CT molecular complexity index is 656. The van der Waals surface area contributed by atoms with Crippen LogP contribution in [0.15, 0.2) is 18.6 Å². The molecule has 2 aromatic rings. The second-order valence-electron chi connectivity index (χ2n) is 7.46. The fourth-order valence-electron chi connectivity index (χ4n) is 3.36. The zero-order valence-corrected chi connectivity index (χ0v) is 15.1. The van der Waals surface area contributed by atoms with Gasteiger partial charge in [0, 0.05) is 32.3 Å². The number of hydrogen-bond donors (Lipinski definition) is 1. The molecule has 3 rings (SSSR count). The van der Waals surface area contributed by atoms with Crippen molar-refractivity contribution in [3.05, 3.63) is 30.1 Å². The minimum Gasteiger partial charge on any atom is -0.372 e. The molecule has 0 radical (unpaired) electrons. The van der Waals surface area contributed by atoms with Crippen LogP contribution in [-0.2, 0) is 23.9 Å². The summed E-state index contributed by atoms with van der Waals surface area (Å²) in [5.41, 5.74) is 1.10. The third kappa shape index (κ3) is 3.67. The van der Waals surface area contributed by atoms with Crippen LogP contribution >= 0.6 is 0 Å². The molecule has 7 nitrogen and oxygen atoms in total. The van der Waals surface area contributed by atoms with Gasteiger partial charge in [0.1, 0.15) is 18.3 Å². The van der Waals surface area contributed by atoms with Gasteiger partial charge in [-0.2, -0.15) is 10.2 Å². The molecule has 3 heterocycles. The van der Waals surface area contributed by atoms with Crippen LogP contribution in [0.2, 0.25) is 0 Å². The van der Waals surface area contributed by atoms with Crippen molar-refractivity contribution >= 4 is 0 Å². The van der Waals surface area contributed by atoms with Gasteiger partial charge in [-0.05, 0) is 39.7 Å². The van der Waals surface area contributed by atoms with Gasteiger partial charge in [0.15, 0.2) is 0 Å². The van der Waals surface area contributed by atoms with Gasteiger partial charge in [0.05, 0.1) is 17.8 Å². The van der Waals surface area contributed by atoms with Crippen molar-refractivity contribution in [2.24, 2.45) is 13.0 Å². The Balaban J connectivity index is 1.61. The first-order valence-electron chi connectivity index (χ1n) is 8.66. The summed E-state index contributed by atoms with van der Waals surface area (Å²) in [6, 6.07) is 2.05. The molecule has 0 spiro atoms. The number of nitrogens with one attached hydrogen (secondary N) is 1. The zero-order chi connectivity index (χ0) is 17.2. The molecule has 0 unspecified atom stereocenters. The summed E-state index contributed by atoms with van der Waals surface area (Å²) < 4.78 is 9.95. The Kier molecular flexibility index (Phi) is 5.01. The van der Waals surface area contributed by atoms with Gasteiger partial charge in [-0.15, -0.1) is 0 Å². The third-order valence-electron chi connectivity index (χ3n) is 4.54. The third-order valence-corrected chi connectivity index (χ3v) is 4.54. The van der Waals surface area contributed by atoms with E-state index in [0.717, 1.165) is 37.5 Å². The fraction of sp³-hybridized carbons (Fsp3) is 0.706. The van der Waals surface area contributed by atoms with E-state index in [0.29, 0.717) is 12.5 Å². The fourth-order valence-corrected chi connectivity index (χ4v) is 3.36. The minimum absolute atomic E-state index is 0.0568. The first kappa shape index (κ1) is 17.1. The SMILES string of the molecule is Cn1nccc1[C@@H]1OCCC[C@H]1CNCc1ncnn1C(C)(C)C. The predicted molar refractivity (Wildman–Crippen MR) is 91.3 cm³/mol. The predicted octanol–water partition coefficient (Wildman–Crippen LogP) is 2.02. The molecule has 0 aliphatic carbocycles. The van der Waals surface area contributed by atoms with E-state index in [1.807, 2.05) is 22.6 Å². The van der Waals surface area contributed by atoms with Gasteiger partial charge in [-0.1, -0.05) is 0 Å². The van der Waals surface area contributed by atoms with E-state index in [1.54, 1.807) is 6.33 Å². The van der Waals surface area contributed by atoms with Crippen molar-refractivity contribution < 1.29 is 4.74 Å². The van der Waals surface area contributed by atoms with Gasteiger partial charge in [-0.3, -0.25) is 4.68 Å². The summed E-state index contributed by atoms with van der Waals surface area (Å²) in [6.45, 7) is 8.85. The maximum atomic E-state index is 6.05. The highest BCUT2D eigenvalue weighted by molar-refractivity contribution is 5.07. The molecule has 0 bridgehead atoms. The smallest absolute Gasteiger partial charge is 0.141 e. The molecule has 2 atom stereocenters. The normalized spacial score (nSPS) is 22.0. The molecular formula is C17H28N6O. The molecule has 132 valence electrons. The molecule has 0 saturated carbocycles. The van der Waals surface area contributed by atoms with Crippen molar-refractivity contribution in [2.45, 2.75) is 51.8 Å². The quantitative estimate of drug-likeness (QED) is 0.907. The van der Waals surface area contributed by atoms with E-state index in [2.05, 4.69) is 47.3 Å². The standard InChI is InChI=1S/C17H28N6O/c1-17(2,3)23-15(19-12-21-23)11-18-10-13-6-5-9-24-16(13)14-7-8-20-22(14)4/h7-8,12-13,16,18H,5-6,9-11H2,1-4H3/t13-,16+/m0/s1. The monoisotopic (exact) mass is 332 g/mol. The van der Waals surface area contributed by atoms with Crippen LogP contribution in [0.3, 0.4) is 0 Å². The number of aryl methyl sites for hydroxylation is 1. The lowest BCUT2D eigenvalue weighted by Gasteiger charge is -2.32. The van der Waals surface area contributed by atoms with E-state index in [1.165, 1.54) is 0 Å². The van der Waals surface area contributed by atoms with Gasteiger partial charge >= 0.3 is 0 Å². The summed E-state index contributed by atoms with van der Waals surface area (Å²) in [5.74, 6) is 1.41.